The third kappa shape index (κ3) is 4.44. The molecule has 8 nitrogen and oxygen atoms in total. The Morgan fingerprint density at radius 3 is 2.59 bits per heavy atom. The lowest BCUT2D eigenvalue weighted by Crippen LogP contribution is -2.23. The van der Waals surface area contributed by atoms with E-state index in [1.807, 2.05) is 65.0 Å². The van der Waals surface area contributed by atoms with Crippen LogP contribution in [0.25, 0.3) is 17.3 Å². The maximum atomic E-state index is 12.7. The van der Waals surface area contributed by atoms with Gasteiger partial charge in [-0.05, 0) is 31.5 Å². The summed E-state index contributed by atoms with van der Waals surface area (Å²) in [5.74, 6) is 1.48. The third-order valence-corrected chi connectivity index (χ3v) is 5.10. The number of aromatic nitrogens is 5. The van der Waals surface area contributed by atoms with Crippen molar-refractivity contribution in [2.75, 3.05) is 0 Å². The Balaban J connectivity index is 1.49. The molecule has 0 unspecified atom stereocenters. The third-order valence-electron chi connectivity index (χ3n) is 5.10. The molecule has 0 fully saturated rings. The summed E-state index contributed by atoms with van der Waals surface area (Å²) in [6.07, 6.45) is 3.22. The summed E-state index contributed by atoms with van der Waals surface area (Å²) in [5.41, 5.74) is 3.95. The summed E-state index contributed by atoms with van der Waals surface area (Å²) < 4.78 is 7.01. The minimum atomic E-state index is -0.197. The van der Waals surface area contributed by atoms with Crippen molar-refractivity contribution < 1.29 is 9.32 Å². The molecule has 1 amide bonds. The van der Waals surface area contributed by atoms with Crippen LogP contribution in [0.2, 0.25) is 0 Å². The molecule has 32 heavy (non-hydrogen) atoms. The van der Waals surface area contributed by atoms with Gasteiger partial charge in [0.15, 0.2) is 11.6 Å². The lowest BCUT2D eigenvalue weighted by molar-refractivity contribution is 0.0950. The maximum Gasteiger partial charge on any atom is 0.259 e. The van der Waals surface area contributed by atoms with Crippen LogP contribution in [-0.2, 0) is 12.0 Å². The van der Waals surface area contributed by atoms with E-state index in [2.05, 4.69) is 31.6 Å². The number of carbonyl (C=O) groups excluding carboxylic acids is 1. The highest BCUT2D eigenvalue weighted by Gasteiger charge is 2.22. The van der Waals surface area contributed by atoms with Gasteiger partial charge in [-0.2, -0.15) is 10.1 Å². The lowest BCUT2D eigenvalue weighted by Gasteiger charge is -2.10. The van der Waals surface area contributed by atoms with Gasteiger partial charge in [0, 0.05) is 18.2 Å². The Morgan fingerprint density at radius 1 is 1.12 bits per heavy atom. The Labute approximate surface area is 186 Å². The van der Waals surface area contributed by atoms with Gasteiger partial charge in [0.2, 0.25) is 0 Å². The summed E-state index contributed by atoms with van der Waals surface area (Å²) in [6.45, 7) is 10.4. The molecule has 0 radical (unpaired) electrons. The van der Waals surface area contributed by atoms with Gasteiger partial charge in [-0.1, -0.05) is 55.8 Å². The minimum absolute atomic E-state index is 0.174. The van der Waals surface area contributed by atoms with Crippen molar-refractivity contribution in [1.82, 2.24) is 30.2 Å². The second kappa shape index (κ2) is 8.37. The van der Waals surface area contributed by atoms with Crippen molar-refractivity contribution in [1.29, 1.82) is 0 Å². The molecule has 0 saturated heterocycles. The first-order valence-corrected chi connectivity index (χ1v) is 10.4. The van der Waals surface area contributed by atoms with Gasteiger partial charge in [-0.3, -0.25) is 4.79 Å². The highest BCUT2D eigenvalue weighted by molar-refractivity contribution is 5.95. The summed E-state index contributed by atoms with van der Waals surface area (Å²) in [4.78, 5) is 21.6. The smallest absolute Gasteiger partial charge is 0.259 e. The zero-order valence-electron chi connectivity index (χ0n) is 18.9. The first-order valence-electron chi connectivity index (χ1n) is 10.4. The number of nitrogens with zero attached hydrogens (tertiary/aromatic N) is 5. The summed E-state index contributed by atoms with van der Waals surface area (Å²) in [6, 6.07) is 11.7. The van der Waals surface area contributed by atoms with Crippen molar-refractivity contribution in [3.8, 4) is 17.3 Å². The molecule has 4 aromatic rings. The SMILES string of the molecule is Cc1cccc(CNC(=O)c2cnn(-c3ccc(-c4nc(C(C)(C)C)no4)cn3)c2C)c1. The zero-order chi connectivity index (χ0) is 22.9. The van der Waals surface area contributed by atoms with Crippen molar-refractivity contribution in [3.63, 3.8) is 0 Å². The van der Waals surface area contributed by atoms with E-state index in [0.29, 0.717) is 35.3 Å². The van der Waals surface area contributed by atoms with Gasteiger partial charge in [0.05, 0.1) is 23.0 Å². The van der Waals surface area contributed by atoms with E-state index in [9.17, 15) is 4.79 Å². The van der Waals surface area contributed by atoms with Crippen molar-refractivity contribution in [3.05, 3.63) is 77.0 Å². The summed E-state index contributed by atoms with van der Waals surface area (Å²) >= 11 is 0. The van der Waals surface area contributed by atoms with E-state index >= 15 is 0 Å². The molecule has 0 aliphatic carbocycles. The highest BCUT2D eigenvalue weighted by Crippen LogP contribution is 2.24. The number of carbonyl (C=O) groups is 1. The fraction of sp³-hybridized carbons (Fsp3) is 0.292. The molecular weight excluding hydrogens is 404 g/mol. The van der Waals surface area contributed by atoms with E-state index in [-0.39, 0.29) is 11.3 Å². The second-order valence-corrected chi connectivity index (χ2v) is 8.81. The van der Waals surface area contributed by atoms with E-state index in [1.165, 1.54) is 0 Å². The fourth-order valence-electron chi connectivity index (χ4n) is 3.25. The number of amides is 1. The van der Waals surface area contributed by atoms with E-state index in [0.717, 1.165) is 16.7 Å². The van der Waals surface area contributed by atoms with Crippen LogP contribution in [0, 0.1) is 13.8 Å². The molecule has 4 rings (SSSR count). The first kappa shape index (κ1) is 21.4. The largest absolute Gasteiger partial charge is 0.348 e. The average molecular weight is 431 g/mol. The van der Waals surface area contributed by atoms with Gasteiger partial charge in [0.1, 0.15) is 0 Å². The van der Waals surface area contributed by atoms with Crippen LogP contribution in [0.1, 0.15) is 53.8 Å². The first-order chi connectivity index (χ1) is 15.2. The van der Waals surface area contributed by atoms with Gasteiger partial charge >= 0.3 is 0 Å². The zero-order valence-corrected chi connectivity index (χ0v) is 18.9. The van der Waals surface area contributed by atoms with Crippen LogP contribution in [0.3, 0.4) is 0 Å². The second-order valence-electron chi connectivity index (χ2n) is 8.81. The number of rotatable bonds is 5. The maximum absolute atomic E-state index is 12.7. The monoisotopic (exact) mass is 430 g/mol. The van der Waals surface area contributed by atoms with Gasteiger partial charge in [0.25, 0.3) is 11.8 Å². The molecule has 8 heteroatoms. The van der Waals surface area contributed by atoms with Crippen LogP contribution in [-0.4, -0.2) is 30.8 Å². The molecule has 1 N–H and O–H groups in total. The molecule has 0 aliphatic heterocycles. The number of hydrogen-bond acceptors (Lipinski definition) is 6. The number of aryl methyl sites for hydroxylation is 1. The van der Waals surface area contributed by atoms with Gasteiger partial charge < -0.3 is 9.84 Å². The predicted octanol–water partition coefficient (Wildman–Crippen LogP) is 4.16. The van der Waals surface area contributed by atoms with Crippen molar-refractivity contribution in [2.24, 2.45) is 0 Å². The van der Waals surface area contributed by atoms with E-state index in [1.54, 1.807) is 17.1 Å². The van der Waals surface area contributed by atoms with E-state index in [4.69, 9.17) is 4.52 Å². The number of hydrogen-bond donors (Lipinski definition) is 1. The van der Waals surface area contributed by atoms with Crippen LogP contribution >= 0.6 is 0 Å². The van der Waals surface area contributed by atoms with Gasteiger partial charge in [-0.15, -0.1) is 0 Å². The Bertz CT molecular complexity index is 1250. The highest BCUT2D eigenvalue weighted by atomic mass is 16.5. The van der Waals surface area contributed by atoms with Crippen LogP contribution in [0.4, 0.5) is 0 Å². The standard InChI is InChI=1S/C24H26N6O2/c1-15-7-6-8-17(11-15)12-26-21(31)19-14-27-30(16(19)2)20-10-9-18(13-25-20)22-28-23(29-32-22)24(3,4)5/h6-11,13-14H,12H2,1-5H3,(H,26,31). The number of benzene rings is 1. The molecular formula is C24H26N6O2. The topological polar surface area (TPSA) is 98.7 Å². The summed E-state index contributed by atoms with van der Waals surface area (Å²) in [5, 5.41) is 11.4. The molecule has 0 atom stereocenters. The molecule has 0 spiro atoms. The molecule has 0 saturated carbocycles. The van der Waals surface area contributed by atoms with E-state index < -0.39 is 0 Å². The molecule has 3 heterocycles. The van der Waals surface area contributed by atoms with Crippen LogP contribution in [0.15, 0.2) is 53.3 Å². The minimum Gasteiger partial charge on any atom is -0.348 e. The van der Waals surface area contributed by atoms with Crippen LogP contribution < -0.4 is 5.32 Å². The normalized spacial score (nSPS) is 11.5. The predicted molar refractivity (Wildman–Crippen MR) is 120 cm³/mol. The fourth-order valence-corrected chi connectivity index (χ4v) is 3.25. The lowest BCUT2D eigenvalue weighted by atomic mass is 9.96. The molecule has 1 aromatic carbocycles. The quantitative estimate of drug-likeness (QED) is 0.510. The average Bonchev–Trinajstić information content (AvgIpc) is 3.40. The molecule has 0 bridgehead atoms. The summed E-state index contributed by atoms with van der Waals surface area (Å²) in [7, 11) is 0. The van der Waals surface area contributed by atoms with Crippen LogP contribution in [0.5, 0.6) is 0 Å². The Hall–Kier alpha value is -3.81. The van der Waals surface area contributed by atoms with Gasteiger partial charge in [-0.25, -0.2) is 9.67 Å². The number of nitrogens with one attached hydrogen (secondary N) is 1. The van der Waals surface area contributed by atoms with Crippen molar-refractivity contribution >= 4 is 5.91 Å². The number of pyridine rings is 1. The molecule has 0 aliphatic rings. The Kier molecular flexibility index (Phi) is 5.61. The molecule has 3 aromatic heterocycles. The molecule has 164 valence electrons. The van der Waals surface area contributed by atoms with Crippen molar-refractivity contribution in [2.45, 2.75) is 46.6 Å². The Morgan fingerprint density at radius 2 is 1.94 bits per heavy atom.